The monoisotopic (exact) mass is 351 g/mol. The van der Waals surface area contributed by atoms with Crippen molar-refractivity contribution in [3.8, 4) is 5.75 Å². The van der Waals surface area contributed by atoms with Crippen LogP contribution in [0.15, 0.2) is 51.7 Å². The molecule has 1 atom stereocenters. The molecular weight excluding hydrogens is 330 g/mol. The number of ether oxygens (including phenoxy) is 1. The van der Waals surface area contributed by atoms with Crippen molar-refractivity contribution >= 4 is 22.6 Å². The number of anilines is 1. The molecule has 1 heterocycles. The highest BCUT2D eigenvalue weighted by molar-refractivity contribution is 5.95. The molecule has 26 heavy (non-hydrogen) atoms. The number of hydrogen-bond acceptors (Lipinski definition) is 4. The van der Waals surface area contributed by atoms with E-state index in [0.29, 0.717) is 11.3 Å². The van der Waals surface area contributed by atoms with Crippen LogP contribution in [0, 0.1) is 20.8 Å². The van der Waals surface area contributed by atoms with Crippen LogP contribution in [0.25, 0.3) is 11.0 Å². The quantitative estimate of drug-likeness (QED) is 0.718. The van der Waals surface area contributed by atoms with Crippen LogP contribution >= 0.6 is 0 Å². The number of fused-ring (bicyclic) bond motifs is 1. The molecule has 5 nitrogen and oxygen atoms in total. The lowest BCUT2D eigenvalue weighted by Gasteiger charge is -2.17. The van der Waals surface area contributed by atoms with Crippen molar-refractivity contribution in [2.75, 3.05) is 5.32 Å². The van der Waals surface area contributed by atoms with Crippen molar-refractivity contribution in [2.24, 2.45) is 0 Å². The molecule has 1 aromatic heterocycles. The summed E-state index contributed by atoms with van der Waals surface area (Å²) in [5.41, 5.74) is 3.98. The summed E-state index contributed by atoms with van der Waals surface area (Å²) in [7, 11) is 0. The third-order valence-electron chi connectivity index (χ3n) is 4.20. The summed E-state index contributed by atoms with van der Waals surface area (Å²) in [5.74, 6) is 0.224. The Labute approximate surface area is 151 Å². The Balaban J connectivity index is 1.76. The standard InChI is InChI=1S/C21H21NO4/c1-12-9-13(2)20(14(3)10-12)22-21(24)15(4)25-17-7-5-16-6-8-19(23)26-18(16)11-17/h5-11,15H,1-4H3,(H,22,24). The summed E-state index contributed by atoms with van der Waals surface area (Å²) in [5, 5.41) is 3.73. The second-order valence-electron chi connectivity index (χ2n) is 6.48. The summed E-state index contributed by atoms with van der Waals surface area (Å²) in [6.07, 6.45) is -0.706. The zero-order chi connectivity index (χ0) is 18.8. The molecule has 0 spiro atoms. The topological polar surface area (TPSA) is 68.5 Å². The lowest BCUT2D eigenvalue weighted by molar-refractivity contribution is -0.122. The van der Waals surface area contributed by atoms with E-state index < -0.39 is 11.7 Å². The summed E-state index contributed by atoms with van der Waals surface area (Å²) in [6.45, 7) is 7.63. The molecule has 1 amide bonds. The Morgan fingerprint density at radius 1 is 1.04 bits per heavy atom. The maximum atomic E-state index is 12.5. The van der Waals surface area contributed by atoms with Gasteiger partial charge in [0.25, 0.3) is 5.91 Å². The summed E-state index contributed by atoms with van der Waals surface area (Å²) < 4.78 is 10.9. The van der Waals surface area contributed by atoms with E-state index >= 15 is 0 Å². The van der Waals surface area contributed by atoms with E-state index in [1.807, 2.05) is 32.9 Å². The second kappa shape index (κ2) is 7.04. The molecule has 0 aliphatic heterocycles. The van der Waals surface area contributed by atoms with Crippen molar-refractivity contribution in [1.29, 1.82) is 0 Å². The van der Waals surface area contributed by atoms with E-state index in [0.717, 1.165) is 27.8 Å². The Kier molecular flexibility index (Phi) is 4.80. The molecule has 3 aromatic rings. The van der Waals surface area contributed by atoms with Gasteiger partial charge in [0.05, 0.1) is 0 Å². The first-order chi connectivity index (χ1) is 12.3. The number of hydrogen-bond donors (Lipinski definition) is 1. The van der Waals surface area contributed by atoms with Gasteiger partial charge in [-0.3, -0.25) is 4.79 Å². The first kappa shape index (κ1) is 17.7. The van der Waals surface area contributed by atoms with Crippen LogP contribution in [-0.4, -0.2) is 12.0 Å². The van der Waals surface area contributed by atoms with E-state index in [4.69, 9.17) is 9.15 Å². The van der Waals surface area contributed by atoms with Gasteiger partial charge in [0.15, 0.2) is 6.10 Å². The van der Waals surface area contributed by atoms with E-state index in [1.54, 1.807) is 31.2 Å². The molecular formula is C21H21NO4. The van der Waals surface area contributed by atoms with Gasteiger partial charge in [0.1, 0.15) is 11.3 Å². The predicted octanol–water partition coefficient (Wildman–Crippen LogP) is 4.12. The van der Waals surface area contributed by atoms with E-state index in [-0.39, 0.29) is 5.91 Å². The van der Waals surface area contributed by atoms with Gasteiger partial charge in [0.2, 0.25) is 0 Å². The second-order valence-corrected chi connectivity index (χ2v) is 6.48. The number of nitrogens with one attached hydrogen (secondary N) is 1. The molecule has 0 saturated carbocycles. The van der Waals surface area contributed by atoms with E-state index in [1.165, 1.54) is 6.07 Å². The van der Waals surface area contributed by atoms with Crippen LogP contribution < -0.4 is 15.7 Å². The summed E-state index contributed by atoms with van der Waals surface area (Å²) in [6, 6.07) is 12.2. The van der Waals surface area contributed by atoms with Gasteiger partial charge in [0, 0.05) is 23.2 Å². The minimum absolute atomic E-state index is 0.241. The molecule has 0 radical (unpaired) electrons. The zero-order valence-corrected chi connectivity index (χ0v) is 15.3. The van der Waals surface area contributed by atoms with Crippen molar-refractivity contribution < 1.29 is 13.9 Å². The van der Waals surface area contributed by atoms with Crippen molar-refractivity contribution in [2.45, 2.75) is 33.8 Å². The average Bonchev–Trinajstić information content (AvgIpc) is 2.57. The molecule has 3 rings (SSSR count). The van der Waals surface area contributed by atoms with Crippen molar-refractivity contribution in [1.82, 2.24) is 0 Å². The lowest BCUT2D eigenvalue weighted by atomic mass is 10.0. The van der Waals surface area contributed by atoms with E-state index in [9.17, 15) is 9.59 Å². The fraction of sp³-hybridized carbons (Fsp3) is 0.238. The first-order valence-electron chi connectivity index (χ1n) is 8.43. The highest BCUT2D eigenvalue weighted by Gasteiger charge is 2.17. The molecule has 2 aromatic carbocycles. The van der Waals surface area contributed by atoms with Gasteiger partial charge in [-0.2, -0.15) is 0 Å². The fourth-order valence-electron chi connectivity index (χ4n) is 2.97. The number of carbonyl (C=O) groups is 1. The normalized spacial score (nSPS) is 12.0. The van der Waals surface area contributed by atoms with Gasteiger partial charge < -0.3 is 14.5 Å². The molecule has 134 valence electrons. The fourth-order valence-corrected chi connectivity index (χ4v) is 2.97. The Bertz CT molecular complexity index is 1010. The summed E-state index contributed by atoms with van der Waals surface area (Å²) >= 11 is 0. The maximum absolute atomic E-state index is 12.5. The molecule has 5 heteroatoms. The van der Waals surface area contributed by atoms with Crippen LogP contribution in [0.1, 0.15) is 23.6 Å². The zero-order valence-electron chi connectivity index (χ0n) is 15.3. The van der Waals surface area contributed by atoms with Gasteiger partial charge in [-0.25, -0.2) is 4.79 Å². The van der Waals surface area contributed by atoms with Crippen LogP contribution in [0.4, 0.5) is 5.69 Å². The SMILES string of the molecule is Cc1cc(C)c(NC(=O)C(C)Oc2ccc3ccc(=O)oc3c2)c(C)c1. The van der Waals surface area contributed by atoms with E-state index in [2.05, 4.69) is 5.32 Å². The number of rotatable bonds is 4. The Morgan fingerprint density at radius 2 is 1.69 bits per heavy atom. The summed E-state index contributed by atoms with van der Waals surface area (Å²) in [4.78, 5) is 23.9. The Hall–Kier alpha value is -3.08. The van der Waals surface area contributed by atoms with Crippen molar-refractivity contribution in [3.05, 3.63) is 69.6 Å². The highest BCUT2D eigenvalue weighted by atomic mass is 16.5. The number of amides is 1. The predicted molar refractivity (Wildman–Crippen MR) is 102 cm³/mol. The van der Waals surface area contributed by atoms with Gasteiger partial charge in [-0.05, 0) is 57.0 Å². The largest absolute Gasteiger partial charge is 0.481 e. The Morgan fingerprint density at radius 3 is 2.38 bits per heavy atom. The number of benzene rings is 2. The molecule has 0 saturated heterocycles. The number of aryl methyl sites for hydroxylation is 3. The minimum Gasteiger partial charge on any atom is -0.481 e. The molecule has 1 unspecified atom stereocenters. The van der Waals surface area contributed by atoms with Crippen LogP contribution in [0.2, 0.25) is 0 Å². The molecule has 0 bridgehead atoms. The van der Waals surface area contributed by atoms with Crippen molar-refractivity contribution in [3.63, 3.8) is 0 Å². The van der Waals surface area contributed by atoms with Gasteiger partial charge in [-0.15, -0.1) is 0 Å². The van der Waals surface area contributed by atoms with Crippen LogP contribution in [-0.2, 0) is 4.79 Å². The molecule has 0 aliphatic rings. The van der Waals surface area contributed by atoms with Gasteiger partial charge in [-0.1, -0.05) is 17.7 Å². The first-order valence-corrected chi connectivity index (χ1v) is 8.43. The van der Waals surface area contributed by atoms with Crippen LogP contribution in [0.3, 0.4) is 0 Å². The maximum Gasteiger partial charge on any atom is 0.336 e. The molecule has 0 fully saturated rings. The average molecular weight is 351 g/mol. The highest BCUT2D eigenvalue weighted by Crippen LogP contribution is 2.23. The molecule has 1 N–H and O–H groups in total. The van der Waals surface area contributed by atoms with Crippen LogP contribution in [0.5, 0.6) is 5.75 Å². The smallest absolute Gasteiger partial charge is 0.336 e. The van der Waals surface area contributed by atoms with Gasteiger partial charge >= 0.3 is 5.63 Å². The lowest BCUT2D eigenvalue weighted by Crippen LogP contribution is -2.30. The number of carbonyl (C=O) groups excluding carboxylic acids is 1. The minimum atomic E-state index is -0.706. The third kappa shape index (κ3) is 3.77. The molecule has 0 aliphatic carbocycles. The third-order valence-corrected chi connectivity index (χ3v) is 4.20.